The van der Waals surface area contributed by atoms with Crippen LogP contribution in [0, 0.1) is 0 Å². The van der Waals surface area contributed by atoms with Crippen LogP contribution < -0.4 is 0 Å². The van der Waals surface area contributed by atoms with E-state index in [0.29, 0.717) is 11.4 Å². The Morgan fingerprint density at radius 2 is 1.11 bits per heavy atom. The van der Waals surface area contributed by atoms with Gasteiger partial charge in [-0.05, 0) is 48.8 Å². The SMILES string of the molecule is C=Nc1ccc(-c2ccc(N=C)c(O)c2)cc1O. The van der Waals surface area contributed by atoms with Crippen molar-refractivity contribution in [3.63, 3.8) is 0 Å². The average Bonchev–Trinajstić information content (AvgIpc) is 2.38. The van der Waals surface area contributed by atoms with Gasteiger partial charge in [0.1, 0.15) is 22.9 Å². The molecule has 4 nitrogen and oxygen atoms in total. The maximum atomic E-state index is 9.70. The number of aliphatic imine (C=N–C) groups is 2. The summed E-state index contributed by atoms with van der Waals surface area (Å²) in [6.45, 7) is 6.72. The molecule has 2 aromatic rings. The van der Waals surface area contributed by atoms with Crippen molar-refractivity contribution < 1.29 is 10.2 Å². The van der Waals surface area contributed by atoms with Crippen LogP contribution >= 0.6 is 0 Å². The van der Waals surface area contributed by atoms with Gasteiger partial charge in [-0.3, -0.25) is 9.98 Å². The summed E-state index contributed by atoms with van der Waals surface area (Å²) in [5.74, 6) is 0.0980. The summed E-state index contributed by atoms with van der Waals surface area (Å²) < 4.78 is 0. The zero-order chi connectivity index (χ0) is 13.1. The van der Waals surface area contributed by atoms with E-state index in [2.05, 4.69) is 23.4 Å². The lowest BCUT2D eigenvalue weighted by Crippen LogP contribution is -1.78. The highest BCUT2D eigenvalue weighted by Gasteiger charge is 2.06. The van der Waals surface area contributed by atoms with E-state index in [1.54, 1.807) is 36.4 Å². The topological polar surface area (TPSA) is 65.2 Å². The van der Waals surface area contributed by atoms with Crippen LogP contribution in [0.25, 0.3) is 11.1 Å². The monoisotopic (exact) mass is 240 g/mol. The molecule has 0 bridgehead atoms. The quantitative estimate of drug-likeness (QED) is 0.807. The van der Waals surface area contributed by atoms with Gasteiger partial charge >= 0.3 is 0 Å². The molecular formula is C14H12N2O2. The number of rotatable bonds is 3. The highest BCUT2D eigenvalue weighted by Crippen LogP contribution is 2.35. The van der Waals surface area contributed by atoms with Crippen molar-refractivity contribution in [2.45, 2.75) is 0 Å². The van der Waals surface area contributed by atoms with Crippen molar-refractivity contribution in [2.75, 3.05) is 0 Å². The first-order valence-corrected chi connectivity index (χ1v) is 5.25. The molecule has 0 spiro atoms. The van der Waals surface area contributed by atoms with Gasteiger partial charge in [0, 0.05) is 0 Å². The molecule has 0 aromatic heterocycles. The van der Waals surface area contributed by atoms with Gasteiger partial charge in [0.2, 0.25) is 0 Å². The van der Waals surface area contributed by atoms with Crippen molar-refractivity contribution in [2.24, 2.45) is 9.98 Å². The van der Waals surface area contributed by atoms with Gasteiger partial charge < -0.3 is 10.2 Å². The summed E-state index contributed by atoms with van der Waals surface area (Å²) in [6.07, 6.45) is 0. The fourth-order valence-corrected chi connectivity index (χ4v) is 1.67. The van der Waals surface area contributed by atoms with Gasteiger partial charge in [0.05, 0.1) is 0 Å². The summed E-state index contributed by atoms with van der Waals surface area (Å²) in [7, 11) is 0. The van der Waals surface area contributed by atoms with Gasteiger partial charge in [0.15, 0.2) is 0 Å². The zero-order valence-electron chi connectivity index (χ0n) is 9.67. The lowest BCUT2D eigenvalue weighted by molar-refractivity contribution is 0.476. The number of benzene rings is 2. The molecule has 0 atom stereocenters. The summed E-state index contributed by atoms with van der Waals surface area (Å²) >= 11 is 0. The van der Waals surface area contributed by atoms with E-state index in [1.165, 1.54) is 0 Å². The van der Waals surface area contributed by atoms with Crippen LogP contribution in [0.1, 0.15) is 0 Å². The first kappa shape index (κ1) is 11.9. The minimum Gasteiger partial charge on any atom is -0.506 e. The molecule has 2 aromatic carbocycles. The Hall–Kier alpha value is -2.62. The number of phenols is 2. The summed E-state index contributed by atoms with van der Waals surface area (Å²) in [4.78, 5) is 7.35. The molecule has 0 saturated carbocycles. The first-order valence-electron chi connectivity index (χ1n) is 5.25. The normalized spacial score (nSPS) is 10.0. The highest BCUT2D eigenvalue weighted by molar-refractivity contribution is 5.73. The highest BCUT2D eigenvalue weighted by atomic mass is 16.3. The molecule has 90 valence electrons. The third-order valence-corrected chi connectivity index (χ3v) is 2.62. The number of nitrogens with zero attached hydrogens (tertiary/aromatic N) is 2. The molecule has 18 heavy (non-hydrogen) atoms. The summed E-state index contributed by atoms with van der Waals surface area (Å²) in [5, 5.41) is 19.4. The molecule has 4 heteroatoms. The van der Waals surface area contributed by atoms with Crippen LogP contribution in [0.5, 0.6) is 11.5 Å². The molecule has 0 saturated heterocycles. The number of hydrogen-bond donors (Lipinski definition) is 2. The van der Waals surface area contributed by atoms with Gasteiger partial charge in [-0.2, -0.15) is 0 Å². The van der Waals surface area contributed by atoms with Crippen molar-refractivity contribution in [3.05, 3.63) is 36.4 Å². The Morgan fingerprint density at radius 1 is 0.722 bits per heavy atom. The predicted molar refractivity (Wildman–Crippen MR) is 73.6 cm³/mol. The molecular weight excluding hydrogens is 228 g/mol. The molecule has 0 fully saturated rings. The van der Waals surface area contributed by atoms with E-state index in [4.69, 9.17) is 0 Å². The zero-order valence-corrected chi connectivity index (χ0v) is 9.67. The molecule has 0 unspecified atom stereocenters. The van der Waals surface area contributed by atoms with E-state index < -0.39 is 0 Å². The maximum Gasteiger partial charge on any atom is 0.141 e. The third kappa shape index (κ3) is 2.08. The van der Waals surface area contributed by atoms with E-state index >= 15 is 0 Å². The van der Waals surface area contributed by atoms with Gasteiger partial charge in [-0.1, -0.05) is 12.1 Å². The molecule has 0 amide bonds. The Kier molecular flexibility index (Phi) is 3.10. The van der Waals surface area contributed by atoms with Crippen molar-refractivity contribution in [1.29, 1.82) is 0 Å². The minimum atomic E-state index is 0.0490. The van der Waals surface area contributed by atoms with Crippen LogP contribution in [0.4, 0.5) is 11.4 Å². The standard InChI is InChI=1S/C14H12N2O2/c1-15-11-5-3-9(7-13(11)17)10-4-6-12(16-2)14(18)8-10/h3-8,17-18H,1-2H2. The molecule has 0 aliphatic rings. The van der Waals surface area contributed by atoms with Crippen molar-refractivity contribution in [1.82, 2.24) is 0 Å². The lowest BCUT2D eigenvalue weighted by Gasteiger charge is -2.06. The lowest BCUT2D eigenvalue weighted by atomic mass is 10.0. The van der Waals surface area contributed by atoms with Crippen LogP contribution in [0.2, 0.25) is 0 Å². The van der Waals surface area contributed by atoms with Crippen LogP contribution in [0.15, 0.2) is 46.4 Å². The largest absolute Gasteiger partial charge is 0.506 e. The molecule has 0 heterocycles. The van der Waals surface area contributed by atoms with Gasteiger partial charge in [0.25, 0.3) is 0 Å². The van der Waals surface area contributed by atoms with E-state index in [9.17, 15) is 10.2 Å². The molecule has 2 N–H and O–H groups in total. The Labute approximate surface area is 105 Å². The average molecular weight is 240 g/mol. The van der Waals surface area contributed by atoms with Gasteiger partial charge in [-0.25, -0.2) is 0 Å². The Bertz CT molecular complexity index is 566. The number of aromatic hydroxyl groups is 2. The van der Waals surface area contributed by atoms with Crippen molar-refractivity contribution >= 4 is 24.8 Å². The fourth-order valence-electron chi connectivity index (χ4n) is 1.67. The number of hydrogen-bond acceptors (Lipinski definition) is 4. The van der Waals surface area contributed by atoms with E-state index in [0.717, 1.165) is 11.1 Å². The second-order valence-corrected chi connectivity index (χ2v) is 3.72. The molecule has 0 aliphatic carbocycles. The summed E-state index contributed by atoms with van der Waals surface area (Å²) in [6, 6.07) is 10.0. The maximum absolute atomic E-state index is 9.70. The minimum absolute atomic E-state index is 0.0490. The second kappa shape index (κ2) is 4.71. The molecule has 0 aliphatic heterocycles. The van der Waals surface area contributed by atoms with Crippen LogP contribution in [-0.2, 0) is 0 Å². The smallest absolute Gasteiger partial charge is 0.141 e. The van der Waals surface area contributed by atoms with E-state index in [1.807, 2.05) is 0 Å². The number of phenolic OH excluding ortho intramolecular Hbond substituents is 2. The third-order valence-electron chi connectivity index (χ3n) is 2.62. The predicted octanol–water partition coefficient (Wildman–Crippen LogP) is 3.43. The van der Waals surface area contributed by atoms with Crippen LogP contribution in [-0.4, -0.2) is 23.6 Å². The first-order chi connectivity index (χ1) is 8.65. The Balaban J connectivity index is 2.48. The fraction of sp³-hybridized carbons (Fsp3) is 0. The van der Waals surface area contributed by atoms with E-state index in [-0.39, 0.29) is 11.5 Å². The second-order valence-electron chi connectivity index (χ2n) is 3.72. The van der Waals surface area contributed by atoms with Gasteiger partial charge in [-0.15, -0.1) is 0 Å². The van der Waals surface area contributed by atoms with Crippen LogP contribution in [0.3, 0.4) is 0 Å². The molecule has 2 rings (SSSR count). The summed E-state index contributed by atoms with van der Waals surface area (Å²) in [5.41, 5.74) is 2.39. The molecule has 0 radical (unpaired) electrons. The Morgan fingerprint density at radius 3 is 1.39 bits per heavy atom. The van der Waals surface area contributed by atoms with Crippen molar-refractivity contribution in [3.8, 4) is 22.6 Å².